The van der Waals surface area contributed by atoms with E-state index in [9.17, 15) is 13.2 Å². The van der Waals surface area contributed by atoms with Gasteiger partial charge in [-0.05, 0) is 47.5 Å². The van der Waals surface area contributed by atoms with Crippen LogP contribution in [0.15, 0.2) is 84.9 Å². The summed E-state index contributed by atoms with van der Waals surface area (Å²) in [5.74, 6) is 0. The fraction of sp³-hybridized carbons (Fsp3) is 0.0769. The maximum Gasteiger partial charge on any atom is 0.416 e. The molecule has 0 saturated heterocycles. The first kappa shape index (κ1) is 19.2. The number of hydrogen-bond acceptors (Lipinski definition) is 2. The molecule has 5 aromatic rings. The van der Waals surface area contributed by atoms with E-state index in [0.717, 1.165) is 39.2 Å². The van der Waals surface area contributed by atoms with E-state index in [4.69, 9.17) is 0 Å². The molecule has 1 heterocycles. The van der Waals surface area contributed by atoms with Crippen molar-refractivity contribution in [1.29, 1.82) is 0 Å². The van der Waals surface area contributed by atoms with Crippen molar-refractivity contribution in [2.45, 2.75) is 13.1 Å². The average Bonchev–Trinajstić information content (AvgIpc) is 2.77. The van der Waals surface area contributed by atoms with Crippen LogP contribution < -0.4 is 0 Å². The number of fused-ring (bicyclic) bond motifs is 2. The van der Waals surface area contributed by atoms with Crippen LogP contribution in [-0.2, 0) is 6.18 Å². The Labute approximate surface area is 177 Å². The molecule has 0 aliphatic carbocycles. The standard InChI is InChI=1S/C26H17F3N2/c1-16-11-12-20(26(27,28)29)15-21(16)25-23-14-19-10-6-5-9-18(19)13-22(23)24(30-31-25)17-7-3-2-4-8-17/h2-15H,1H3. The Morgan fingerprint density at radius 2 is 1.23 bits per heavy atom. The third kappa shape index (κ3) is 3.42. The van der Waals surface area contributed by atoms with Crippen LogP contribution in [0.1, 0.15) is 11.1 Å². The van der Waals surface area contributed by atoms with Crippen LogP contribution in [0, 0.1) is 6.92 Å². The lowest BCUT2D eigenvalue weighted by atomic mass is 9.94. The molecule has 0 radical (unpaired) electrons. The summed E-state index contributed by atoms with van der Waals surface area (Å²) in [6.45, 7) is 1.79. The number of rotatable bonds is 2. The minimum Gasteiger partial charge on any atom is -0.166 e. The van der Waals surface area contributed by atoms with Gasteiger partial charge in [0.05, 0.1) is 5.56 Å². The summed E-state index contributed by atoms with van der Waals surface area (Å²) in [6.07, 6.45) is -4.43. The van der Waals surface area contributed by atoms with Crippen LogP contribution >= 0.6 is 0 Å². The summed E-state index contributed by atoms with van der Waals surface area (Å²) in [7, 11) is 0. The zero-order valence-corrected chi connectivity index (χ0v) is 16.6. The Hall–Kier alpha value is -3.73. The van der Waals surface area contributed by atoms with Crippen molar-refractivity contribution in [3.63, 3.8) is 0 Å². The topological polar surface area (TPSA) is 25.8 Å². The van der Waals surface area contributed by atoms with Crippen LogP contribution in [0.3, 0.4) is 0 Å². The first-order chi connectivity index (χ1) is 14.9. The predicted octanol–water partition coefficient (Wildman–Crippen LogP) is 7.44. The normalized spacial score (nSPS) is 11.9. The summed E-state index contributed by atoms with van der Waals surface area (Å²) in [5.41, 5.74) is 2.50. The second kappa shape index (κ2) is 7.20. The molecule has 5 rings (SSSR count). The molecule has 152 valence electrons. The van der Waals surface area contributed by atoms with Crippen LogP contribution in [0.25, 0.3) is 44.1 Å². The van der Waals surface area contributed by atoms with E-state index < -0.39 is 11.7 Å². The Morgan fingerprint density at radius 3 is 1.87 bits per heavy atom. The van der Waals surface area contributed by atoms with Gasteiger partial charge in [0.25, 0.3) is 0 Å². The first-order valence-electron chi connectivity index (χ1n) is 9.84. The molecule has 4 aromatic carbocycles. The molecule has 0 fully saturated rings. The lowest BCUT2D eigenvalue weighted by Gasteiger charge is -2.15. The molecular formula is C26H17F3N2. The van der Waals surface area contributed by atoms with Crippen molar-refractivity contribution < 1.29 is 13.2 Å². The number of benzene rings is 4. The fourth-order valence-corrected chi connectivity index (χ4v) is 3.90. The van der Waals surface area contributed by atoms with Gasteiger partial charge in [0.15, 0.2) is 0 Å². The number of halogens is 3. The van der Waals surface area contributed by atoms with Gasteiger partial charge in [-0.2, -0.15) is 13.2 Å². The monoisotopic (exact) mass is 414 g/mol. The number of aromatic nitrogens is 2. The van der Waals surface area contributed by atoms with Crippen molar-refractivity contribution >= 4 is 21.5 Å². The van der Waals surface area contributed by atoms with Crippen LogP contribution in [0.2, 0.25) is 0 Å². The second-order valence-electron chi connectivity index (χ2n) is 7.54. The molecule has 0 amide bonds. The van der Waals surface area contributed by atoms with Gasteiger partial charge in [0.1, 0.15) is 11.4 Å². The summed E-state index contributed by atoms with van der Waals surface area (Å²) in [5, 5.41) is 12.5. The van der Waals surface area contributed by atoms with E-state index in [2.05, 4.69) is 10.2 Å². The second-order valence-corrected chi connectivity index (χ2v) is 7.54. The molecule has 0 aliphatic heterocycles. The maximum atomic E-state index is 13.4. The number of hydrogen-bond donors (Lipinski definition) is 0. The molecule has 0 saturated carbocycles. The third-order valence-electron chi connectivity index (χ3n) is 5.51. The van der Waals surface area contributed by atoms with Gasteiger partial charge in [-0.25, -0.2) is 0 Å². The number of alkyl halides is 3. The summed E-state index contributed by atoms with van der Waals surface area (Å²) < 4.78 is 40.2. The highest BCUT2D eigenvalue weighted by atomic mass is 19.4. The highest BCUT2D eigenvalue weighted by Gasteiger charge is 2.31. The van der Waals surface area contributed by atoms with Gasteiger partial charge in [-0.15, -0.1) is 10.2 Å². The smallest absolute Gasteiger partial charge is 0.166 e. The van der Waals surface area contributed by atoms with Gasteiger partial charge < -0.3 is 0 Å². The molecule has 0 spiro atoms. The Morgan fingerprint density at radius 1 is 0.645 bits per heavy atom. The van der Waals surface area contributed by atoms with Crippen molar-refractivity contribution in [1.82, 2.24) is 10.2 Å². The van der Waals surface area contributed by atoms with Crippen molar-refractivity contribution in [2.75, 3.05) is 0 Å². The number of nitrogens with zero attached hydrogens (tertiary/aromatic N) is 2. The molecule has 0 bridgehead atoms. The molecule has 0 unspecified atom stereocenters. The minimum absolute atomic E-state index is 0.433. The first-order valence-corrected chi connectivity index (χ1v) is 9.84. The average molecular weight is 414 g/mol. The van der Waals surface area contributed by atoms with Gasteiger partial charge >= 0.3 is 6.18 Å². The Kier molecular flexibility index (Phi) is 4.47. The van der Waals surface area contributed by atoms with E-state index in [1.54, 1.807) is 6.92 Å². The van der Waals surface area contributed by atoms with E-state index in [1.165, 1.54) is 6.07 Å². The number of aryl methyl sites for hydroxylation is 1. The molecule has 0 N–H and O–H groups in total. The molecule has 2 nitrogen and oxygen atoms in total. The maximum absolute atomic E-state index is 13.4. The zero-order valence-electron chi connectivity index (χ0n) is 16.6. The van der Waals surface area contributed by atoms with E-state index in [1.807, 2.05) is 66.7 Å². The molecule has 5 heteroatoms. The van der Waals surface area contributed by atoms with Gasteiger partial charge in [0, 0.05) is 21.9 Å². The van der Waals surface area contributed by atoms with E-state index >= 15 is 0 Å². The van der Waals surface area contributed by atoms with Crippen LogP contribution in [-0.4, -0.2) is 10.2 Å². The van der Waals surface area contributed by atoms with Crippen molar-refractivity contribution in [2.24, 2.45) is 0 Å². The summed E-state index contributed by atoms with van der Waals surface area (Å²) in [4.78, 5) is 0. The molecule has 1 aromatic heterocycles. The Bertz CT molecular complexity index is 1420. The fourth-order valence-electron chi connectivity index (χ4n) is 3.90. The lowest BCUT2D eigenvalue weighted by molar-refractivity contribution is -0.137. The largest absolute Gasteiger partial charge is 0.416 e. The third-order valence-corrected chi connectivity index (χ3v) is 5.51. The molecule has 31 heavy (non-hydrogen) atoms. The highest BCUT2D eigenvalue weighted by Crippen LogP contribution is 2.38. The van der Waals surface area contributed by atoms with Gasteiger partial charge in [0.2, 0.25) is 0 Å². The van der Waals surface area contributed by atoms with Crippen LogP contribution in [0.5, 0.6) is 0 Å². The van der Waals surface area contributed by atoms with E-state index in [0.29, 0.717) is 22.5 Å². The molecule has 0 aliphatic rings. The molecular weight excluding hydrogens is 397 g/mol. The summed E-state index contributed by atoms with van der Waals surface area (Å²) in [6, 6.07) is 25.4. The Balaban J connectivity index is 1.86. The van der Waals surface area contributed by atoms with Gasteiger partial charge in [-0.3, -0.25) is 0 Å². The lowest BCUT2D eigenvalue weighted by Crippen LogP contribution is -2.06. The minimum atomic E-state index is -4.43. The highest BCUT2D eigenvalue weighted by molar-refractivity contribution is 6.08. The van der Waals surface area contributed by atoms with Crippen molar-refractivity contribution in [3.8, 4) is 22.5 Å². The SMILES string of the molecule is Cc1ccc(C(F)(F)F)cc1-c1nnc(-c2ccccc2)c2cc3ccccc3cc12. The van der Waals surface area contributed by atoms with Crippen molar-refractivity contribution in [3.05, 3.63) is 96.1 Å². The van der Waals surface area contributed by atoms with Gasteiger partial charge in [-0.1, -0.05) is 60.7 Å². The van der Waals surface area contributed by atoms with Crippen LogP contribution in [0.4, 0.5) is 13.2 Å². The quantitative estimate of drug-likeness (QED) is 0.281. The van der Waals surface area contributed by atoms with E-state index in [-0.39, 0.29) is 0 Å². The molecule has 0 atom stereocenters. The predicted molar refractivity (Wildman–Crippen MR) is 118 cm³/mol. The summed E-state index contributed by atoms with van der Waals surface area (Å²) >= 11 is 0. The zero-order chi connectivity index (χ0) is 21.6.